The van der Waals surface area contributed by atoms with Gasteiger partial charge in [0.15, 0.2) is 0 Å². The number of aromatic amines is 1. The number of fused-ring (bicyclic) bond motifs is 1. The van der Waals surface area contributed by atoms with E-state index >= 15 is 0 Å². The molecule has 1 fully saturated rings. The lowest BCUT2D eigenvalue weighted by atomic mass is 10.0. The summed E-state index contributed by atoms with van der Waals surface area (Å²) >= 11 is 1.62. The van der Waals surface area contributed by atoms with Crippen LogP contribution in [0.1, 0.15) is 52.1 Å². The van der Waals surface area contributed by atoms with Crippen molar-refractivity contribution in [3.8, 4) is 0 Å². The van der Waals surface area contributed by atoms with Crippen molar-refractivity contribution in [2.75, 3.05) is 23.7 Å². The second-order valence-electron chi connectivity index (χ2n) is 8.22. The molecule has 1 unspecified atom stereocenters. The Morgan fingerprint density at radius 2 is 1.97 bits per heavy atom. The van der Waals surface area contributed by atoms with Crippen LogP contribution < -0.4 is 10.6 Å². The standard InChI is InChI=1S/C14H20N4.C6H8N2.C5H6NPS.C2H6/c1-2-3-4-11-6-8-18(9-11)14-12-5-7-15-13(12)16-10-17-14;1-5-2-3-6(7)4-8-5;7-8-5-2-1-3-6-4-5;1-2/h5,7,10-11H,2-4,6,8-9H2,1H3,(H,15,16,17);2-4H,7H2,1H3;1-4H,7H2;1-2H3/t11-;;;/m1.../s1. The molecule has 0 radical (unpaired) electrons. The summed E-state index contributed by atoms with van der Waals surface area (Å²) in [7, 11) is 2.57. The van der Waals surface area contributed by atoms with Gasteiger partial charge in [-0.15, -0.1) is 11.4 Å². The SMILES string of the molecule is CC.CCCC[C@@H]1CCN(c2ncnc3[nH]ccc23)C1.Cc1ccc(N)cn1.PSc1cccnc1. The highest BCUT2D eigenvalue weighted by Crippen LogP contribution is 2.29. The molecule has 0 spiro atoms. The predicted molar refractivity (Wildman–Crippen MR) is 158 cm³/mol. The molecule has 36 heavy (non-hydrogen) atoms. The monoisotopic (exact) mass is 525 g/mol. The number of pyridine rings is 2. The molecule has 1 aliphatic rings. The molecule has 4 aromatic heterocycles. The van der Waals surface area contributed by atoms with Gasteiger partial charge in [0, 0.05) is 42.3 Å². The number of nitrogens with one attached hydrogen (secondary N) is 1. The van der Waals surface area contributed by atoms with E-state index in [4.69, 9.17) is 5.73 Å². The second kappa shape index (κ2) is 16.9. The summed E-state index contributed by atoms with van der Waals surface area (Å²) in [5, 5.41) is 1.15. The van der Waals surface area contributed by atoms with E-state index in [-0.39, 0.29) is 0 Å². The maximum absolute atomic E-state index is 5.36. The van der Waals surface area contributed by atoms with Gasteiger partial charge in [-0.2, -0.15) is 0 Å². The summed E-state index contributed by atoms with van der Waals surface area (Å²) in [6, 6.07) is 9.73. The first-order valence-electron chi connectivity index (χ1n) is 12.6. The van der Waals surface area contributed by atoms with E-state index < -0.39 is 0 Å². The highest BCUT2D eigenvalue weighted by molar-refractivity contribution is 8.43. The topological polar surface area (TPSA) is 96.6 Å². The molecule has 7 nitrogen and oxygen atoms in total. The summed E-state index contributed by atoms with van der Waals surface area (Å²) in [4.78, 5) is 23.3. The third kappa shape index (κ3) is 9.75. The molecular weight excluding hydrogens is 485 g/mol. The first-order chi connectivity index (χ1) is 17.6. The van der Waals surface area contributed by atoms with E-state index in [1.807, 2.05) is 57.4 Å². The van der Waals surface area contributed by atoms with Crippen LogP contribution in [0.15, 0.2) is 66.3 Å². The van der Waals surface area contributed by atoms with Crippen LogP contribution in [0.4, 0.5) is 11.5 Å². The average Bonchev–Trinajstić information content (AvgIpc) is 3.61. The molecule has 0 saturated carbocycles. The minimum atomic E-state index is 0.718. The number of nitrogens with two attached hydrogens (primary N) is 1. The van der Waals surface area contributed by atoms with Gasteiger partial charge in [-0.25, -0.2) is 9.97 Å². The summed E-state index contributed by atoms with van der Waals surface area (Å²) in [5.41, 5.74) is 8.02. The number of rotatable bonds is 5. The van der Waals surface area contributed by atoms with Crippen molar-refractivity contribution in [2.45, 2.75) is 58.3 Å². The number of anilines is 2. The zero-order valence-electron chi connectivity index (χ0n) is 21.9. The largest absolute Gasteiger partial charge is 0.397 e. The molecule has 5 heterocycles. The molecule has 194 valence electrons. The maximum atomic E-state index is 5.36. The van der Waals surface area contributed by atoms with Gasteiger partial charge in [-0.3, -0.25) is 9.97 Å². The van der Waals surface area contributed by atoms with Crippen molar-refractivity contribution >= 4 is 42.4 Å². The molecule has 2 atom stereocenters. The van der Waals surface area contributed by atoms with E-state index in [1.165, 1.54) is 30.6 Å². The molecule has 0 amide bonds. The van der Waals surface area contributed by atoms with Crippen molar-refractivity contribution in [1.29, 1.82) is 0 Å². The molecule has 0 aromatic carbocycles. The fourth-order valence-corrected chi connectivity index (χ4v) is 4.46. The number of hydrogen-bond donors (Lipinski definition) is 2. The van der Waals surface area contributed by atoms with Gasteiger partial charge < -0.3 is 15.6 Å². The molecule has 1 saturated heterocycles. The lowest BCUT2D eigenvalue weighted by Gasteiger charge is -2.18. The van der Waals surface area contributed by atoms with E-state index in [1.54, 1.807) is 30.1 Å². The van der Waals surface area contributed by atoms with Gasteiger partial charge >= 0.3 is 0 Å². The number of H-pyrrole nitrogens is 1. The van der Waals surface area contributed by atoms with Crippen LogP contribution in [0.25, 0.3) is 11.0 Å². The van der Waals surface area contributed by atoms with Gasteiger partial charge in [0.25, 0.3) is 0 Å². The van der Waals surface area contributed by atoms with E-state index in [0.29, 0.717) is 0 Å². The number of nitrogens with zero attached hydrogens (tertiary/aromatic N) is 5. The Bertz CT molecular complexity index is 1090. The number of aryl methyl sites for hydroxylation is 1. The number of aromatic nitrogens is 5. The zero-order chi connectivity index (χ0) is 26.2. The third-order valence-electron chi connectivity index (χ3n) is 5.59. The minimum absolute atomic E-state index is 0.718. The van der Waals surface area contributed by atoms with Crippen molar-refractivity contribution in [1.82, 2.24) is 24.9 Å². The Hall–Kier alpha value is -2.70. The summed E-state index contributed by atoms with van der Waals surface area (Å²) in [5.74, 6) is 1.94. The van der Waals surface area contributed by atoms with Crippen LogP contribution >= 0.6 is 19.8 Å². The summed E-state index contributed by atoms with van der Waals surface area (Å²) in [6.45, 7) is 10.5. The van der Waals surface area contributed by atoms with Crippen molar-refractivity contribution in [2.24, 2.45) is 5.92 Å². The maximum Gasteiger partial charge on any atom is 0.142 e. The highest BCUT2D eigenvalue weighted by Gasteiger charge is 2.24. The van der Waals surface area contributed by atoms with Crippen molar-refractivity contribution in [3.05, 3.63) is 67.1 Å². The van der Waals surface area contributed by atoms with Crippen LogP contribution in [0.2, 0.25) is 0 Å². The van der Waals surface area contributed by atoms with Gasteiger partial charge in [0.1, 0.15) is 17.8 Å². The quantitative estimate of drug-likeness (QED) is 0.273. The van der Waals surface area contributed by atoms with Crippen LogP contribution in [0.5, 0.6) is 0 Å². The zero-order valence-corrected chi connectivity index (χ0v) is 23.9. The molecule has 9 heteroatoms. The Labute approximate surface area is 222 Å². The Kier molecular flexibility index (Phi) is 13.8. The van der Waals surface area contributed by atoms with E-state index in [0.717, 1.165) is 47.2 Å². The molecule has 5 rings (SSSR count). The van der Waals surface area contributed by atoms with E-state index in [9.17, 15) is 0 Å². The molecular formula is C27H40N7PS. The van der Waals surface area contributed by atoms with Gasteiger partial charge in [0.2, 0.25) is 0 Å². The Morgan fingerprint density at radius 1 is 1.14 bits per heavy atom. The van der Waals surface area contributed by atoms with Crippen LogP contribution in [-0.4, -0.2) is 38.0 Å². The van der Waals surface area contributed by atoms with Gasteiger partial charge in [-0.1, -0.05) is 42.1 Å². The molecule has 4 aromatic rings. The second-order valence-corrected chi connectivity index (χ2v) is 9.63. The normalized spacial score (nSPS) is 14.1. The van der Waals surface area contributed by atoms with Crippen molar-refractivity contribution < 1.29 is 0 Å². The first-order valence-corrected chi connectivity index (χ1v) is 14.9. The van der Waals surface area contributed by atoms with Gasteiger partial charge in [0.05, 0.1) is 17.3 Å². The lowest BCUT2D eigenvalue weighted by Crippen LogP contribution is -2.21. The van der Waals surface area contributed by atoms with Crippen LogP contribution in [0.3, 0.4) is 0 Å². The van der Waals surface area contributed by atoms with E-state index in [2.05, 4.69) is 51.3 Å². The molecule has 0 aliphatic carbocycles. The Morgan fingerprint density at radius 3 is 2.58 bits per heavy atom. The molecule has 1 aliphatic heterocycles. The molecule has 3 N–H and O–H groups in total. The number of unbranched alkanes of at least 4 members (excludes halogenated alkanes) is 1. The van der Waals surface area contributed by atoms with Crippen molar-refractivity contribution in [3.63, 3.8) is 0 Å². The highest BCUT2D eigenvalue weighted by atomic mass is 32.7. The summed E-state index contributed by atoms with van der Waals surface area (Å²) in [6.07, 6.45) is 14.1. The van der Waals surface area contributed by atoms with Gasteiger partial charge in [-0.05, 0) is 56.0 Å². The lowest BCUT2D eigenvalue weighted by molar-refractivity contribution is 0.510. The number of hydrogen-bond acceptors (Lipinski definition) is 7. The fraction of sp³-hybridized carbons (Fsp3) is 0.407. The average molecular weight is 526 g/mol. The Balaban J connectivity index is 0.000000211. The first kappa shape index (κ1) is 29.5. The molecule has 0 bridgehead atoms. The smallest absolute Gasteiger partial charge is 0.142 e. The fourth-order valence-electron chi connectivity index (χ4n) is 3.76. The minimum Gasteiger partial charge on any atom is -0.397 e. The number of nitrogen functional groups attached to an aromatic ring is 1. The third-order valence-corrected chi connectivity index (χ3v) is 6.92. The van der Waals surface area contributed by atoms with Crippen LogP contribution in [0, 0.1) is 12.8 Å². The summed E-state index contributed by atoms with van der Waals surface area (Å²) < 4.78 is 0. The predicted octanol–water partition coefficient (Wildman–Crippen LogP) is 6.94. The van der Waals surface area contributed by atoms with Crippen LogP contribution in [-0.2, 0) is 0 Å².